The number of rotatable bonds is 2. The second kappa shape index (κ2) is 4.95. The minimum Gasteiger partial charge on any atom is -0.314 e. The van der Waals surface area contributed by atoms with Crippen molar-refractivity contribution in [1.29, 1.82) is 0 Å². The molecule has 1 aliphatic heterocycles. The van der Waals surface area contributed by atoms with E-state index in [1.54, 1.807) is 11.1 Å². The van der Waals surface area contributed by atoms with Gasteiger partial charge in [-0.2, -0.15) is 0 Å². The van der Waals surface area contributed by atoms with E-state index in [9.17, 15) is 0 Å². The van der Waals surface area contributed by atoms with Gasteiger partial charge in [-0.3, -0.25) is 0 Å². The molecule has 0 aromatic rings. The Morgan fingerprint density at radius 1 is 1.33 bits per heavy atom. The predicted octanol–water partition coefficient (Wildman–Crippen LogP) is 1.85. The van der Waals surface area contributed by atoms with Gasteiger partial charge in [0.15, 0.2) is 0 Å². The molecule has 0 radical (unpaired) electrons. The second-order valence-electron chi connectivity index (χ2n) is 4.79. The maximum absolute atomic E-state index is 3.60. The monoisotopic (exact) mass is 206 g/mol. The van der Waals surface area contributed by atoms with Crippen molar-refractivity contribution in [3.63, 3.8) is 0 Å². The molecule has 0 spiro atoms. The SMILES string of the molecule is CC(C)C1=C([C@@H]2CNCCN2)C=CCC1. The molecule has 0 saturated carbocycles. The fraction of sp³-hybridized carbons (Fsp3) is 0.692. The summed E-state index contributed by atoms with van der Waals surface area (Å²) in [4.78, 5) is 0. The lowest BCUT2D eigenvalue weighted by molar-refractivity contribution is 0.454. The smallest absolute Gasteiger partial charge is 0.0446 e. The summed E-state index contributed by atoms with van der Waals surface area (Å²) in [6, 6.07) is 0.535. The van der Waals surface area contributed by atoms with Crippen LogP contribution in [0.15, 0.2) is 23.3 Å². The summed E-state index contributed by atoms with van der Waals surface area (Å²) in [6.07, 6.45) is 7.12. The van der Waals surface area contributed by atoms with Gasteiger partial charge in [0, 0.05) is 25.7 Å². The van der Waals surface area contributed by atoms with Crippen LogP contribution in [-0.4, -0.2) is 25.7 Å². The van der Waals surface area contributed by atoms with Gasteiger partial charge in [0.2, 0.25) is 0 Å². The van der Waals surface area contributed by atoms with Gasteiger partial charge in [0.25, 0.3) is 0 Å². The molecule has 2 N–H and O–H groups in total. The van der Waals surface area contributed by atoms with Crippen LogP contribution in [0.3, 0.4) is 0 Å². The number of piperazine rings is 1. The van der Waals surface area contributed by atoms with E-state index < -0.39 is 0 Å². The average molecular weight is 206 g/mol. The Bertz CT molecular complexity index is 270. The Morgan fingerprint density at radius 3 is 2.87 bits per heavy atom. The van der Waals surface area contributed by atoms with Gasteiger partial charge in [-0.15, -0.1) is 0 Å². The summed E-state index contributed by atoms with van der Waals surface area (Å²) in [5.41, 5.74) is 3.20. The normalized spacial score (nSPS) is 27.5. The van der Waals surface area contributed by atoms with Gasteiger partial charge >= 0.3 is 0 Å². The molecule has 1 aliphatic carbocycles. The van der Waals surface area contributed by atoms with E-state index in [2.05, 4.69) is 36.6 Å². The highest BCUT2D eigenvalue weighted by Gasteiger charge is 2.21. The Labute approximate surface area is 92.8 Å². The highest BCUT2D eigenvalue weighted by molar-refractivity contribution is 5.35. The third kappa shape index (κ3) is 2.50. The Hall–Kier alpha value is -0.600. The second-order valence-corrected chi connectivity index (χ2v) is 4.79. The average Bonchev–Trinajstić information content (AvgIpc) is 2.30. The lowest BCUT2D eigenvalue weighted by atomic mass is 9.85. The Kier molecular flexibility index (Phi) is 3.60. The van der Waals surface area contributed by atoms with Gasteiger partial charge < -0.3 is 10.6 Å². The van der Waals surface area contributed by atoms with E-state index in [-0.39, 0.29) is 0 Å². The molecule has 1 atom stereocenters. The van der Waals surface area contributed by atoms with Crippen LogP contribution in [-0.2, 0) is 0 Å². The van der Waals surface area contributed by atoms with Crippen molar-refractivity contribution in [3.8, 4) is 0 Å². The third-order valence-corrected chi connectivity index (χ3v) is 3.36. The van der Waals surface area contributed by atoms with Crippen LogP contribution in [0.1, 0.15) is 26.7 Å². The van der Waals surface area contributed by atoms with Crippen molar-refractivity contribution in [2.45, 2.75) is 32.7 Å². The summed E-state index contributed by atoms with van der Waals surface area (Å²) in [5, 5.41) is 7.06. The first-order chi connectivity index (χ1) is 7.29. The van der Waals surface area contributed by atoms with E-state index in [0.717, 1.165) is 19.6 Å². The zero-order chi connectivity index (χ0) is 10.7. The van der Waals surface area contributed by atoms with Crippen molar-refractivity contribution in [2.24, 2.45) is 5.92 Å². The maximum Gasteiger partial charge on any atom is 0.0446 e. The molecule has 2 nitrogen and oxygen atoms in total. The minimum atomic E-state index is 0.535. The van der Waals surface area contributed by atoms with Crippen LogP contribution in [0.5, 0.6) is 0 Å². The molecule has 2 aliphatic rings. The maximum atomic E-state index is 3.60. The molecular formula is C13H22N2. The summed E-state index contributed by atoms with van der Waals surface area (Å²) in [5.74, 6) is 0.689. The molecule has 2 rings (SSSR count). The highest BCUT2D eigenvalue weighted by Crippen LogP contribution is 2.27. The quantitative estimate of drug-likeness (QED) is 0.720. The van der Waals surface area contributed by atoms with E-state index in [4.69, 9.17) is 0 Å². The molecule has 84 valence electrons. The van der Waals surface area contributed by atoms with Crippen molar-refractivity contribution < 1.29 is 0 Å². The standard InChI is InChI=1S/C13H22N2/c1-10(2)11-5-3-4-6-12(11)13-9-14-7-8-15-13/h4,6,10,13-15H,3,5,7-9H2,1-2H3/t13-/m0/s1. The van der Waals surface area contributed by atoms with Crippen molar-refractivity contribution in [1.82, 2.24) is 10.6 Å². The van der Waals surface area contributed by atoms with Gasteiger partial charge in [-0.1, -0.05) is 31.6 Å². The number of nitrogens with one attached hydrogen (secondary N) is 2. The van der Waals surface area contributed by atoms with Crippen LogP contribution >= 0.6 is 0 Å². The molecule has 0 unspecified atom stereocenters. The molecule has 15 heavy (non-hydrogen) atoms. The number of hydrogen-bond acceptors (Lipinski definition) is 2. The fourth-order valence-corrected chi connectivity index (χ4v) is 2.54. The van der Waals surface area contributed by atoms with Crippen LogP contribution in [0.25, 0.3) is 0 Å². The van der Waals surface area contributed by atoms with Gasteiger partial charge in [-0.25, -0.2) is 0 Å². The van der Waals surface area contributed by atoms with Gasteiger partial charge in [-0.05, 0) is 24.3 Å². The molecule has 2 heteroatoms. The Morgan fingerprint density at radius 2 is 2.20 bits per heavy atom. The Balaban J connectivity index is 2.18. The first kappa shape index (κ1) is 10.9. The fourth-order valence-electron chi connectivity index (χ4n) is 2.54. The minimum absolute atomic E-state index is 0.535. The lowest BCUT2D eigenvalue weighted by Crippen LogP contribution is -2.49. The molecule has 1 fully saturated rings. The summed E-state index contributed by atoms with van der Waals surface area (Å²) < 4.78 is 0. The van der Waals surface area contributed by atoms with Crippen LogP contribution in [0, 0.1) is 5.92 Å². The molecule has 0 aromatic heterocycles. The molecule has 0 aromatic carbocycles. The molecular weight excluding hydrogens is 184 g/mol. The summed E-state index contributed by atoms with van der Waals surface area (Å²) in [6.45, 7) is 7.89. The number of hydrogen-bond donors (Lipinski definition) is 2. The molecule has 0 bridgehead atoms. The van der Waals surface area contributed by atoms with E-state index >= 15 is 0 Å². The number of allylic oxidation sites excluding steroid dienone is 2. The van der Waals surface area contributed by atoms with Crippen molar-refractivity contribution >= 4 is 0 Å². The van der Waals surface area contributed by atoms with E-state index in [1.165, 1.54) is 12.8 Å². The van der Waals surface area contributed by atoms with E-state index in [1.807, 2.05) is 0 Å². The largest absolute Gasteiger partial charge is 0.314 e. The topological polar surface area (TPSA) is 24.1 Å². The third-order valence-electron chi connectivity index (χ3n) is 3.36. The van der Waals surface area contributed by atoms with Crippen LogP contribution in [0.4, 0.5) is 0 Å². The first-order valence-corrected chi connectivity index (χ1v) is 6.12. The zero-order valence-electron chi connectivity index (χ0n) is 9.84. The molecule has 1 saturated heterocycles. The molecule has 0 amide bonds. The molecule has 1 heterocycles. The van der Waals surface area contributed by atoms with Crippen molar-refractivity contribution in [3.05, 3.63) is 23.3 Å². The zero-order valence-corrected chi connectivity index (χ0v) is 9.84. The lowest BCUT2D eigenvalue weighted by Gasteiger charge is -2.30. The van der Waals surface area contributed by atoms with Crippen LogP contribution < -0.4 is 10.6 Å². The van der Waals surface area contributed by atoms with Crippen molar-refractivity contribution in [2.75, 3.05) is 19.6 Å². The van der Waals surface area contributed by atoms with Gasteiger partial charge in [0.1, 0.15) is 0 Å². The summed E-state index contributed by atoms with van der Waals surface area (Å²) >= 11 is 0. The van der Waals surface area contributed by atoms with Gasteiger partial charge in [0.05, 0.1) is 0 Å². The predicted molar refractivity (Wildman–Crippen MR) is 64.9 cm³/mol. The van der Waals surface area contributed by atoms with E-state index in [0.29, 0.717) is 12.0 Å². The first-order valence-electron chi connectivity index (χ1n) is 6.12. The summed E-state index contributed by atoms with van der Waals surface area (Å²) in [7, 11) is 0. The highest BCUT2D eigenvalue weighted by atomic mass is 15.1. The van der Waals surface area contributed by atoms with Crippen LogP contribution in [0.2, 0.25) is 0 Å².